The first-order valence-electron chi connectivity index (χ1n) is 8.26. The van der Waals surface area contributed by atoms with Crippen LogP contribution in [0.1, 0.15) is 25.3 Å². The summed E-state index contributed by atoms with van der Waals surface area (Å²) in [6.45, 7) is 7.82. The minimum atomic E-state index is -0.429. The Morgan fingerprint density at radius 1 is 1.30 bits per heavy atom. The van der Waals surface area contributed by atoms with Crippen molar-refractivity contribution in [1.29, 1.82) is 5.26 Å². The zero-order chi connectivity index (χ0) is 16.7. The first kappa shape index (κ1) is 17.3. The Morgan fingerprint density at radius 3 is 2.61 bits per heavy atom. The molecule has 1 aliphatic rings. The molecule has 5 nitrogen and oxygen atoms in total. The molecular weight excluding hydrogens is 290 g/mol. The summed E-state index contributed by atoms with van der Waals surface area (Å²) < 4.78 is 5.95. The molecule has 1 aliphatic heterocycles. The average Bonchev–Trinajstić information content (AvgIpc) is 2.59. The van der Waals surface area contributed by atoms with E-state index in [9.17, 15) is 4.79 Å². The lowest BCUT2D eigenvalue weighted by atomic mass is 10.2. The van der Waals surface area contributed by atoms with Crippen LogP contribution < -0.4 is 4.74 Å². The number of nitrogens with zero attached hydrogens (tertiary/aromatic N) is 3. The highest BCUT2D eigenvalue weighted by atomic mass is 16.5. The van der Waals surface area contributed by atoms with Gasteiger partial charge in [0.15, 0.2) is 6.10 Å². The van der Waals surface area contributed by atoms with Crippen LogP contribution >= 0.6 is 0 Å². The number of hydrogen-bond donors (Lipinski definition) is 0. The van der Waals surface area contributed by atoms with Gasteiger partial charge in [0.2, 0.25) is 0 Å². The van der Waals surface area contributed by atoms with Crippen LogP contribution in [-0.2, 0) is 4.79 Å². The molecule has 2 rings (SSSR count). The Kier molecular flexibility index (Phi) is 6.42. The van der Waals surface area contributed by atoms with E-state index >= 15 is 0 Å². The van der Waals surface area contributed by atoms with E-state index in [1.165, 1.54) is 0 Å². The molecule has 0 bridgehead atoms. The van der Waals surface area contributed by atoms with Crippen molar-refractivity contribution in [2.24, 2.45) is 0 Å². The molecule has 0 saturated carbocycles. The topological polar surface area (TPSA) is 56.6 Å². The highest BCUT2D eigenvalue weighted by Gasteiger charge is 2.27. The lowest BCUT2D eigenvalue weighted by molar-refractivity contribution is -0.140. The fourth-order valence-corrected chi connectivity index (χ4v) is 2.75. The molecule has 23 heavy (non-hydrogen) atoms. The highest BCUT2D eigenvalue weighted by molar-refractivity contribution is 5.81. The molecule has 0 aromatic heterocycles. The Hall–Kier alpha value is -2.06. The first-order chi connectivity index (χ1) is 11.2. The highest BCUT2D eigenvalue weighted by Crippen LogP contribution is 2.20. The number of amides is 1. The van der Waals surface area contributed by atoms with Crippen molar-refractivity contribution in [2.45, 2.75) is 32.8 Å². The summed E-state index contributed by atoms with van der Waals surface area (Å²) in [4.78, 5) is 16.8. The summed E-state index contributed by atoms with van der Waals surface area (Å²) in [6.07, 6.45) is 0.769. The zero-order valence-electron chi connectivity index (χ0n) is 14.0. The minimum Gasteiger partial charge on any atom is -0.480 e. The van der Waals surface area contributed by atoms with Gasteiger partial charge in [0.05, 0.1) is 6.07 Å². The Bertz CT molecular complexity index is 560. The van der Waals surface area contributed by atoms with Gasteiger partial charge in [0.1, 0.15) is 5.75 Å². The van der Waals surface area contributed by atoms with Crippen molar-refractivity contribution in [3.05, 3.63) is 29.8 Å². The molecule has 0 spiro atoms. The van der Waals surface area contributed by atoms with Crippen LogP contribution in [0.2, 0.25) is 0 Å². The lowest BCUT2D eigenvalue weighted by Crippen LogP contribution is -2.52. The molecular formula is C18H25N3O2. The summed E-state index contributed by atoms with van der Waals surface area (Å²) in [5.74, 6) is 0.844. The average molecular weight is 315 g/mol. The standard InChI is InChI=1S/C18H25N3O2/c1-3-16(23-17-8-5-4-7-15(17)2)18(22)21-13-11-20(12-14-21)10-6-9-19/h4-5,7-8,16H,3,6,10-14H2,1-2H3. The number of rotatable bonds is 6. The van der Waals surface area contributed by atoms with Crippen molar-refractivity contribution in [3.8, 4) is 11.8 Å². The number of para-hydroxylation sites is 1. The van der Waals surface area contributed by atoms with Crippen LogP contribution in [0, 0.1) is 18.3 Å². The molecule has 0 N–H and O–H groups in total. The van der Waals surface area contributed by atoms with Crippen LogP contribution in [-0.4, -0.2) is 54.5 Å². The van der Waals surface area contributed by atoms with Crippen molar-refractivity contribution >= 4 is 5.91 Å². The number of piperazine rings is 1. The van der Waals surface area contributed by atoms with Crippen LogP contribution in [0.15, 0.2) is 24.3 Å². The summed E-state index contributed by atoms with van der Waals surface area (Å²) in [5, 5.41) is 8.65. The molecule has 1 amide bonds. The lowest BCUT2D eigenvalue weighted by Gasteiger charge is -2.36. The third-order valence-electron chi connectivity index (χ3n) is 4.23. The maximum absolute atomic E-state index is 12.7. The summed E-state index contributed by atoms with van der Waals surface area (Å²) in [5.41, 5.74) is 1.04. The van der Waals surface area contributed by atoms with Gasteiger partial charge in [-0.2, -0.15) is 5.26 Å². The van der Waals surface area contributed by atoms with Gasteiger partial charge < -0.3 is 9.64 Å². The molecule has 1 heterocycles. The molecule has 1 atom stereocenters. The van der Waals surface area contributed by atoms with Gasteiger partial charge in [-0.05, 0) is 25.0 Å². The molecule has 0 radical (unpaired) electrons. The van der Waals surface area contributed by atoms with Crippen molar-refractivity contribution < 1.29 is 9.53 Å². The third kappa shape index (κ3) is 4.70. The number of carbonyl (C=O) groups excluding carboxylic acids is 1. The number of benzene rings is 1. The smallest absolute Gasteiger partial charge is 0.263 e. The van der Waals surface area contributed by atoms with Crippen LogP contribution in [0.4, 0.5) is 0 Å². The second-order valence-electron chi connectivity index (χ2n) is 5.86. The first-order valence-corrected chi connectivity index (χ1v) is 8.26. The maximum Gasteiger partial charge on any atom is 0.263 e. The van der Waals surface area contributed by atoms with Crippen LogP contribution in [0.3, 0.4) is 0 Å². The van der Waals surface area contributed by atoms with Crippen molar-refractivity contribution in [2.75, 3.05) is 32.7 Å². The summed E-state index contributed by atoms with van der Waals surface area (Å²) >= 11 is 0. The Labute approximate surface area is 138 Å². The summed E-state index contributed by atoms with van der Waals surface area (Å²) in [6, 6.07) is 9.95. The molecule has 1 fully saturated rings. The molecule has 1 saturated heterocycles. The molecule has 124 valence electrons. The van der Waals surface area contributed by atoms with Gasteiger partial charge in [-0.15, -0.1) is 0 Å². The van der Waals surface area contributed by atoms with E-state index in [-0.39, 0.29) is 5.91 Å². The molecule has 0 aliphatic carbocycles. The largest absolute Gasteiger partial charge is 0.480 e. The predicted molar refractivity (Wildman–Crippen MR) is 89.1 cm³/mol. The van der Waals surface area contributed by atoms with E-state index in [1.54, 1.807) is 0 Å². The number of aryl methyl sites for hydroxylation is 1. The van der Waals surface area contributed by atoms with Gasteiger partial charge in [-0.3, -0.25) is 9.69 Å². The molecule has 5 heteroatoms. The minimum absolute atomic E-state index is 0.0655. The number of ether oxygens (including phenoxy) is 1. The quantitative estimate of drug-likeness (QED) is 0.807. The van der Waals surface area contributed by atoms with E-state index in [0.717, 1.165) is 30.9 Å². The van der Waals surface area contributed by atoms with Gasteiger partial charge in [-0.25, -0.2) is 0 Å². The van der Waals surface area contributed by atoms with E-state index < -0.39 is 6.10 Å². The Morgan fingerprint density at radius 2 is 2.00 bits per heavy atom. The SMILES string of the molecule is CCC(Oc1ccccc1C)C(=O)N1CCN(CCC#N)CC1. The van der Waals surface area contributed by atoms with Gasteiger partial charge in [0.25, 0.3) is 5.91 Å². The third-order valence-corrected chi connectivity index (χ3v) is 4.23. The maximum atomic E-state index is 12.7. The van der Waals surface area contributed by atoms with E-state index in [4.69, 9.17) is 10.00 Å². The fourth-order valence-electron chi connectivity index (χ4n) is 2.75. The fraction of sp³-hybridized carbons (Fsp3) is 0.556. The van der Waals surface area contributed by atoms with Gasteiger partial charge in [0, 0.05) is 39.1 Å². The second kappa shape index (κ2) is 8.54. The van der Waals surface area contributed by atoms with E-state index in [1.807, 2.05) is 43.0 Å². The van der Waals surface area contributed by atoms with Gasteiger partial charge >= 0.3 is 0 Å². The number of nitriles is 1. The number of carbonyl (C=O) groups is 1. The van der Waals surface area contributed by atoms with Crippen LogP contribution in [0.25, 0.3) is 0 Å². The summed E-state index contributed by atoms with van der Waals surface area (Å²) in [7, 11) is 0. The normalized spacial score (nSPS) is 16.7. The zero-order valence-corrected chi connectivity index (χ0v) is 14.0. The number of hydrogen-bond acceptors (Lipinski definition) is 4. The second-order valence-corrected chi connectivity index (χ2v) is 5.86. The molecule has 1 aromatic carbocycles. The van der Waals surface area contributed by atoms with Crippen LogP contribution in [0.5, 0.6) is 5.75 Å². The Balaban J connectivity index is 1.91. The molecule has 1 unspecified atom stereocenters. The monoisotopic (exact) mass is 315 g/mol. The van der Waals surface area contributed by atoms with Crippen molar-refractivity contribution in [1.82, 2.24) is 9.80 Å². The predicted octanol–water partition coefficient (Wildman–Crippen LogP) is 2.21. The van der Waals surface area contributed by atoms with Gasteiger partial charge in [-0.1, -0.05) is 25.1 Å². The molecule has 1 aromatic rings. The van der Waals surface area contributed by atoms with Crippen molar-refractivity contribution in [3.63, 3.8) is 0 Å². The van der Waals surface area contributed by atoms with E-state index in [0.29, 0.717) is 25.9 Å². The van der Waals surface area contributed by atoms with E-state index in [2.05, 4.69) is 11.0 Å².